The molecule has 4 heteroatoms. The topological polar surface area (TPSA) is 57.8 Å². The van der Waals surface area contributed by atoms with Crippen molar-refractivity contribution in [3.8, 4) is 0 Å². The van der Waals surface area contributed by atoms with E-state index in [0.717, 1.165) is 16.6 Å². The van der Waals surface area contributed by atoms with Crippen molar-refractivity contribution in [2.45, 2.75) is 13.8 Å². The second-order valence-corrected chi connectivity index (χ2v) is 3.42. The van der Waals surface area contributed by atoms with Gasteiger partial charge in [-0.3, -0.25) is 4.79 Å². The van der Waals surface area contributed by atoms with Crippen LogP contribution in [0.1, 0.15) is 22.8 Å². The van der Waals surface area contributed by atoms with E-state index in [-0.39, 0.29) is 5.91 Å². The third kappa shape index (κ3) is 1.58. The number of amides is 1. The average Bonchev–Trinajstić information content (AvgIpc) is 2.65. The molecule has 0 aliphatic heterocycles. The predicted molar refractivity (Wildman–Crippen MR) is 58.8 cm³/mol. The Kier molecular flexibility index (Phi) is 2.41. The normalized spacial score (nSPS) is 10.5. The highest BCUT2D eigenvalue weighted by atomic mass is 16.1. The van der Waals surface area contributed by atoms with Crippen LogP contribution in [0.4, 0.5) is 0 Å². The average molecular weight is 203 g/mol. The molecule has 1 amide bonds. The van der Waals surface area contributed by atoms with Gasteiger partial charge in [0.2, 0.25) is 0 Å². The first-order valence-corrected chi connectivity index (χ1v) is 4.95. The van der Waals surface area contributed by atoms with Crippen LogP contribution in [-0.4, -0.2) is 22.4 Å². The van der Waals surface area contributed by atoms with E-state index < -0.39 is 0 Å². The smallest absolute Gasteiger partial charge is 0.253 e. The summed E-state index contributed by atoms with van der Waals surface area (Å²) in [4.78, 5) is 19.0. The first-order valence-electron chi connectivity index (χ1n) is 4.95. The number of aryl methyl sites for hydroxylation is 1. The van der Waals surface area contributed by atoms with Gasteiger partial charge in [0.15, 0.2) is 0 Å². The molecular weight excluding hydrogens is 190 g/mol. The molecule has 4 nitrogen and oxygen atoms in total. The van der Waals surface area contributed by atoms with Crippen LogP contribution in [0.25, 0.3) is 11.0 Å². The Hall–Kier alpha value is -1.84. The van der Waals surface area contributed by atoms with Crippen LogP contribution in [0.5, 0.6) is 0 Å². The summed E-state index contributed by atoms with van der Waals surface area (Å²) < 4.78 is 0. The van der Waals surface area contributed by atoms with Gasteiger partial charge in [0.25, 0.3) is 5.91 Å². The maximum absolute atomic E-state index is 11.8. The molecule has 1 aromatic carbocycles. The Morgan fingerprint density at radius 1 is 1.53 bits per heavy atom. The van der Waals surface area contributed by atoms with Crippen molar-refractivity contribution in [3.63, 3.8) is 0 Å². The molecule has 2 N–H and O–H groups in total. The zero-order valence-corrected chi connectivity index (χ0v) is 8.79. The molecule has 1 heterocycles. The largest absolute Gasteiger partial charge is 0.352 e. The van der Waals surface area contributed by atoms with Gasteiger partial charge in [-0.05, 0) is 25.5 Å². The molecule has 0 radical (unpaired) electrons. The van der Waals surface area contributed by atoms with Crippen molar-refractivity contribution >= 4 is 16.9 Å². The number of benzene rings is 1. The fraction of sp³-hybridized carbons (Fsp3) is 0.273. The SMILES string of the molecule is CCNC(=O)c1c(C)ccc2[nH]cnc12. The van der Waals surface area contributed by atoms with Gasteiger partial charge in [0.1, 0.15) is 5.52 Å². The van der Waals surface area contributed by atoms with Crippen molar-refractivity contribution in [1.82, 2.24) is 15.3 Å². The van der Waals surface area contributed by atoms with E-state index in [9.17, 15) is 4.79 Å². The van der Waals surface area contributed by atoms with Crippen LogP contribution in [0.3, 0.4) is 0 Å². The highest BCUT2D eigenvalue weighted by Crippen LogP contribution is 2.18. The summed E-state index contributed by atoms with van der Waals surface area (Å²) >= 11 is 0. The number of nitrogens with zero attached hydrogens (tertiary/aromatic N) is 1. The highest BCUT2D eigenvalue weighted by molar-refractivity contribution is 6.06. The van der Waals surface area contributed by atoms with E-state index in [1.54, 1.807) is 6.33 Å². The van der Waals surface area contributed by atoms with E-state index in [0.29, 0.717) is 12.1 Å². The number of carbonyl (C=O) groups is 1. The molecule has 15 heavy (non-hydrogen) atoms. The molecule has 0 unspecified atom stereocenters. The predicted octanol–water partition coefficient (Wildman–Crippen LogP) is 1.62. The molecule has 0 aliphatic rings. The van der Waals surface area contributed by atoms with Crippen molar-refractivity contribution in [2.75, 3.05) is 6.54 Å². The molecule has 0 bridgehead atoms. The monoisotopic (exact) mass is 203 g/mol. The summed E-state index contributed by atoms with van der Waals surface area (Å²) in [6.45, 7) is 4.44. The second kappa shape index (κ2) is 3.73. The molecule has 0 aliphatic carbocycles. The third-order valence-electron chi connectivity index (χ3n) is 2.36. The van der Waals surface area contributed by atoms with Crippen molar-refractivity contribution < 1.29 is 4.79 Å². The number of carbonyl (C=O) groups excluding carboxylic acids is 1. The molecule has 2 rings (SSSR count). The minimum atomic E-state index is -0.0623. The van der Waals surface area contributed by atoms with Crippen LogP contribution in [-0.2, 0) is 0 Å². The number of hydrogen-bond donors (Lipinski definition) is 2. The number of aromatic amines is 1. The highest BCUT2D eigenvalue weighted by Gasteiger charge is 2.13. The van der Waals surface area contributed by atoms with Gasteiger partial charge in [-0.25, -0.2) is 4.98 Å². The van der Waals surface area contributed by atoms with Gasteiger partial charge in [-0.1, -0.05) is 6.07 Å². The van der Waals surface area contributed by atoms with Crippen LogP contribution in [0.2, 0.25) is 0 Å². The molecule has 78 valence electrons. The maximum atomic E-state index is 11.8. The second-order valence-electron chi connectivity index (χ2n) is 3.42. The lowest BCUT2D eigenvalue weighted by Crippen LogP contribution is -2.23. The zero-order chi connectivity index (χ0) is 10.8. The quantitative estimate of drug-likeness (QED) is 0.779. The number of hydrogen-bond acceptors (Lipinski definition) is 2. The third-order valence-corrected chi connectivity index (χ3v) is 2.36. The summed E-state index contributed by atoms with van der Waals surface area (Å²) in [5.74, 6) is -0.0623. The lowest BCUT2D eigenvalue weighted by Gasteiger charge is -2.06. The number of imidazole rings is 1. The number of H-pyrrole nitrogens is 1. The van der Waals surface area contributed by atoms with E-state index in [4.69, 9.17) is 0 Å². The van der Waals surface area contributed by atoms with Gasteiger partial charge in [0.05, 0.1) is 17.4 Å². The standard InChI is InChI=1S/C11H13N3O/c1-3-12-11(15)9-7(2)4-5-8-10(9)14-6-13-8/h4-6H,3H2,1-2H3,(H,12,15)(H,13,14). The Morgan fingerprint density at radius 2 is 2.33 bits per heavy atom. The molecule has 2 aromatic rings. The van der Waals surface area contributed by atoms with Crippen LogP contribution in [0.15, 0.2) is 18.5 Å². The van der Waals surface area contributed by atoms with Gasteiger partial charge in [0, 0.05) is 6.54 Å². The fourth-order valence-electron chi connectivity index (χ4n) is 1.64. The number of fused-ring (bicyclic) bond motifs is 1. The van der Waals surface area contributed by atoms with Crippen molar-refractivity contribution in [1.29, 1.82) is 0 Å². The lowest BCUT2D eigenvalue weighted by molar-refractivity contribution is 0.0957. The van der Waals surface area contributed by atoms with Crippen LogP contribution >= 0.6 is 0 Å². The van der Waals surface area contributed by atoms with Crippen LogP contribution < -0.4 is 5.32 Å². The summed E-state index contributed by atoms with van der Waals surface area (Å²) in [5.41, 5.74) is 3.24. The Morgan fingerprint density at radius 3 is 3.07 bits per heavy atom. The van der Waals surface area contributed by atoms with Gasteiger partial charge >= 0.3 is 0 Å². The minimum Gasteiger partial charge on any atom is -0.352 e. The summed E-state index contributed by atoms with van der Waals surface area (Å²) in [5, 5.41) is 2.79. The molecule has 0 saturated carbocycles. The van der Waals surface area contributed by atoms with Crippen molar-refractivity contribution in [2.24, 2.45) is 0 Å². The van der Waals surface area contributed by atoms with E-state index in [1.807, 2.05) is 26.0 Å². The van der Waals surface area contributed by atoms with Gasteiger partial charge in [-0.15, -0.1) is 0 Å². The molecular formula is C11H13N3O. The molecule has 0 atom stereocenters. The lowest BCUT2D eigenvalue weighted by atomic mass is 10.1. The number of aromatic nitrogens is 2. The first kappa shape index (κ1) is 9.71. The molecule has 0 fully saturated rings. The number of rotatable bonds is 2. The molecule has 0 saturated heterocycles. The van der Waals surface area contributed by atoms with Gasteiger partial charge < -0.3 is 10.3 Å². The fourth-order valence-corrected chi connectivity index (χ4v) is 1.64. The van der Waals surface area contributed by atoms with Crippen molar-refractivity contribution in [3.05, 3.63) is 29.6 Å². The van der Waals surface area contributed by atoms with Crippen LogP contribution in [0, 0.1) is 6.92 Å². The van der Waals surface area contributed by atoms with Gasteiger partial charge in [-0.2, -0.15) is 0 Å². The number of nitrogens with one attached hydrogen (secondary N) is 2. The summed E-state index contributed by atoms with van der Waals surface area (Å²) in [6, 6.07) is 3.85. The van der Waals surface area contributed by atoms with E-state index in [1.165, 1.54) is 0 Å². The summed E-state index contributed by atoms with van der Waals surface area (Å²) in [7, 11) is 0. The minimum absolute atomic E-state index is 0.0623. The van der Waals surface area contributed by atoms with E-state index in [2.05, 4.69) is 15.3 Å². The Balaban J connectivity index is 2.61. The molecule has 0 spiro atoms. The Labute approximate surface area is 87.7 Å². The Bertz CT molecular complexity index is 502. The zero-order valence-electron chi connectivity index (χ0n) is 8.79. The maximum Gasteiger partial charge on any atom is 0.253 e. The molecule has 1 aromatic heterocycles. The van der Waals surface area contributed by atoms with E-state index >= 15 is 0 Å². The summed E-state index contributed by atoms with van der Waals surface area (Å²) in [6.07, 6.45) is 1.60. The first-order chi connectivity index (χ1) is 7.24.